The van der Waals surface area contributed by atoms with Crippen LogP contribution in [0.2, 0.25) is 0 Å². The molecule has 1 aromatic carbocycles. The lowest BCUT2D eigenvalue weighted by molar-refractivity contribution is 0.256. The Hall–Kier alpha value is -1.22. The fourth-order valence-electron chi connectivity index (χ4n) is 1.66. The molecule has 0 aliphatic heterocycles. The molecule has 2 N–H and O–H groups in total. The van der Waals surface area contributed by atoms with Crippen LogP contribution in [0.3, 0.4) is 0 Å². The highest BCUT2D eigenvalue weighted by atomic mass is 16.5. The second-order valence-corrected chi connectivity index (χ2v) is 5.06. The molecule has 1 unspecified atom stereocenters. The maximum atomic E-state index is 5.98. The summed E-state index contributed by atoms with van der Waals surface area (Å²) in [5.41, 5.74) is 7.17. The zero-order valence-corrected chi connectivity index (χ0v) is 11.9. The van der Waals surface area contributed by atoms with Gasteiger partial charge in [0, 0.05) is 6.04 Å². The van der Waals surface area contributed by atoms with Crippen LogP contribution < -0.4 is 15.2 Å². The number of nitrogens with two attached hydrogens (primary N) is 1. The minimum atomic E-state index is 0.205. The Morgan fingerprint density at radius 3 is 2.50 bits per heavy atom. The van der Waals surface area contributed by atoms with Gasteiger partial charge in [-0.3, -0.25) is 0 Å². The van der Waals surface area contributed by atoms with Crippen molar-refractivity contribution in [2.75, 3.05) is 13.7 Å². The number of hydrogen-bond acceptors (Lipinski definition) is 3. The number of hydrogen-bond donors (Lipinski definition) is 1. The molecule has 18 heavy (non-hydrogen) atoms. The van der Waals surface area contributed by atoms with Gasteiger partial charge in [0.05, 0.1) is 13.7 Å². The average Bonchev–Trinajstić information content (AvgIpc) is 2.36. The Morgan fingerprint density at radius 1 is 1.22 bits per heavy atom. The Morgan fingerprint density at radius 2 is 1.94 bits per heavy atom. The predicted octanol–water partition coefficient (Wildman–Crippen LogP) is 3.01. The second-order valence-electron chi connectivity index (χ2n) is 5.06. The minimum absolute atomic E-state index is 0.205. The summed E-state index contributed by atoms with van der Waals surface area (Å²) in [6.07, 6.45) is 1.85. The number of ether oxygens (including phenoxy) is 2. The minimum Gasteiger partial charge on any atom is -0.493 e. The molecule has 3 nitrogen and oxygen atoms in total. The maximum absolute atomic E-state index is 5.98. The van der Waals surface area contributed by atoms with Crippen LogP contribution in [0, 0.1) is 5.92 Å². The normalized spacial score (nSPS) is 12.6. The molecule has 0 bridgehead atoms. The standard InChI is InChI=1S/C15H25NO2/c1-5-13(16)8-12-6-7-14(17-4)15(9-12)18-10-11(2)3/h6-7,9,11,13H,5,8,10,16H2,1-4H3. The molecule has 1 atom stereocenters. The van der Waals surface area contributed by atoms with Gasteiger partial charge < -0.3 is 15.2 Å². The largest absolute Gasteiger partial charge is 0.493 e. The molecular weight excluding hydrogens is 226 g/mol. The maximum Gasteiger partial charge on any atom is 0.161 e. The summed E-state index contributed by atoms with van der Waals surface area (Å²) in [7, 11) is 1.66. The van der Waals surface area contributed by atoms with E-state index in [1.165, 1.54) is 5.56 Å². The molecule has 0 fully saturated rings. The van der Waals surface area contributed by atoms with Gasteiger partial charge in [0.2, 0.25) is 0 Å². The average molecular weight is 251 g/mol. The molecule has 0 aliphatic rings. The summed E-state index contributed by atoms with van der Waals surface area (Å²) in [6, 6.07) is 6.25. The van der Waals surface area contributed by atoms with Gasteiger partial charge in [-0.1, -0.05) is 26.8 Å². The first-order chi connectivity index (χ1) is 8.56. The molecule has 1 aromatic rings. The lowest BCUT2D eigenvalue weighted by Crippen LogP contribution is -2.21. The van der Waals surface area contributed by atoms with Gasteiger partial charge >= 0.3 is 0 Å². The Kier molecular flexibility index (Phi) is 5.99. The molecule has 3 heteroatoms. The third kappa shape index (κ3) is 4.57. The molecule has 0 aromatic heterocycles. The Labute approximate surface area is 110 Å². The molecule has 0 radical (unpaired) electrons. The topological polar surface area (TPSA) is 44.5 Å². The monoisotopic (exact) mass is 251 g/mol. The van der Waals surface area contributed by atoms with E-state index in [2.05, 4.69) is 26.8 Å². The van der Waals surface area contributed by atoms with E-state index in [1.807, 2.05) is 12.1 Å². The highest BCUT2D eigenvalue weighted by molar-refractivity contribution is 5.43. The SMILES string of the molecule is CCC(N)Cc1ccc(OC)c(OCC(C)C)c1. The summed E-state index contributed by atoms with van der Waals surface area (Å²) in [5.74, 6) is 2.09. The lowest BCUT2D eigenvalue weighted by atomic mass is 10.0. The second kappa shape index (κ2) is 7.27. The molecule has 0 saturated heterocycles. The zero-order valence-electron chi connectivity index (χ0n) is 11.9. The van der Waals surface area contributed by atoms with E-state index in [4.69, 9.17) is 15.2 Å². The number of methoxy groups -OCH3 is 1. The van der Waals surface area contributed by atoms with Crippen LogP contribution in [0.25, 0.3) is 0 Å². The quantitative estimate of drug-likeness (QED) is 0.810. The van der Waals surface area contributed by atoms with Crippen LogP contribution in [-0.2, 0) is 6.42 Å². The fourth-order valence-corrected chi connectivity index (χ4v) is 1.66. The van der Waals surface area contributed by atoms with Crippen molar-refractivity contribution in [3.05, 3.63) is 23.8 Å². The van der Waals surface area contributed by atoms with Gasteiger partial charge in [0.15, 0.2) is 11.5 Å². The van der Waals surface area contributed by atoms with Gasteiger partial charge in [-0.2, -0.15) is 0 Å². The molecular formula is C15H25NO2. The fraction of sp³-hybridized carbons (Fsp3) is 0.600. The van der Waals surface area contributed by atoms with E-state index < -0.39 is 0 Å². The molecule has 0 heterocycles. The first-order valence-electron chi connectivity index (χ1n) is 6.62. The van der Waals surface area contributed by atoms with Crippen molar-refractivity contribution in [1.82, 2.24) is 0 Å². The van der Waals surface area contributed by atoms with Gasteiger partial charge in [-0.05, 0) is 36.5 Å². The highest BCUT2D eigenvalue weighted by Crippen LogP contribution is 2.29. The summed E-state index contributed by atoms with van der Waals surface area (Å²) in [5, 5.41) is 0. The summed E-state index contributed by atoms with van der Waals surface area (Å²) >= 11 is 0. The van der Waals surface area contributed by atoms with Crippen molar-refractivity contribution >= 4 is 0 Å². The zero-order chi connectivity index (χ0) is 13.5. The van der Waals surface area contributed by atoms with E-state index in [9.17, 15) is 0 Å². The summed E-state index contributed by atoms with van der Waals surface area (Å²) in [6.45, 7) is 7.05. The van der Waals surface area contributed by atoms with Crippen LogP contribution >= 0.6 is 0 Å². The molecule has 1 rings (SSSR count). The van der Waals surface area contributed by atoms with Gasteiger partial charge in [0.25, 0.3) is 0 Å². The van der Waals surface area contributed by atoms with Crippen molar-refractivity contribution < 1.29 is 9.47 Å². The number of benzene rings is 1. The van der Waals surface area contributed by atoms with Crippen molar-refractivity contribution in [2.24, 2.45) is 11.7 Å². The predicted molar refractivity (Wildman–Crippen MR) is 75.3 cm³/mol. The molecule has 0 spiro atoms. The van der Waals surface area contributed by atoms with Crippen LogP contribution in [0.5, 0.6) is 11.5 Å². The van der Waals surface area contributed by atoms with Gasteiger partial charge in [-0.25, -0.2) is 0 Å². The molecule has 0 saturated carbocycles. The lowest BCUT2D eigenvalue weighted by Gasteiger charge is -2.15. The van der Waals surface area contributed by atoms with Crippen LogP contribution in [-0.4, -0.2) is 19.8 Å². The molecule has 0 amide bonds. The Bertz CT molecular complexity index is 364. The van der Waals surface area contributed by atoms with Crippen molar-refractivity contribution in [1.29, 1.82) is 0 Å². The molecule has 102 valence electrons. The van der Waals surface area contributed by atoms with E-state index in [0.717, 1.165) is 24.3 Å². The number of rotatable bonds is 7. The van der Waals surface area contributed by atoms with E-state index in [1.54, 1.807) is 7.11 Å². The van der Waals surface area contributed by atoms with E-state index in [0.29, 0.717) is 12.5 Å². The van der Waals surface area contributed by atoms with Crippen LogP contribution in [0.15, 0.2) is 18.2 Å². The van der Waals surface area contributed by atoms with Crippen molar-refractivity contribution in [3.63, 3.8) is 0 Å². The third-order valence-electron chi connectivity index (χ3n) is 2.82. The molecule has 0 aliphatic carbocycles. The van der Waals surface area contributed by atoms with E-state index >= 15 is 0 Å². The van der Waals surface area contributed by atoms with Gasteiger partial charge in [-0.15, -0.1) is 0 Å². The van der Waals surface area contributed by atoms with Crippen LogP contribution in [0.4, 0.5) is 0 Å². The van der Waals surface area contributed by atoms with Crippen LogP contribution in [0.1, 0.15) is 32.8 Å². The van der Waals surface area contributed by atoms with E-state index in [-0.39, 0.29) is 6.04 Å². The summed E-state index contributed by atoms with van der Waals surface area (Å²) < 4.78 is 11.1. The smallest absolute Gasteiger partial charge is 0.161 e. The summed E-state index contributed by atoms with van der Waals surface area (Å²) in [4.78, 5) is 0. The van der Waals surface area contributed by atoms with Crippen molar-refractivity contribution in [3.8, 4) is 11.5 Å². The first kappa shape index (κ1) is 14.8. The van der Waals surface area contributed by atoms with Gasteiger partial charge in [0.1, 0.15) is 0 Å². The third-order valence-corrected chi connectivity index (χ3v) is 2.82. The highest BCUT2D eigenvalue weighted by Gasteiger charge is 2.08. The Balaban J connectivity index is 2.80. The first-order valence-corrected chi connectivity index (χ1v) is 6.62. The van der Waals surface area contributed by atoms with Crippen molar-refractivity contribution in [2.45, 2.75) is 39.7 Å².